The lowest BCUT2D eigenvalue weighted by Crippen LogP contribution is -2.02. The van der Waals surface area contributed by atoms with E-state index in [0.717, 1.165) is 0 Å². The number of aromatic nitrogens is 3. The van der Waals surface area contributed by atoms with E-state index in [2.05, 4.69) is 15.0 Å². The van der Waals surface area contributed by atoms with Crippen LogP contribution in [0.25, 0.3) is 22.0 Å². The van der Waals surface area contributed by atoms with Crippen LogP contribution in [-0.2, 0) is 0 Å². The van der Waals surface area contributed by atoms with Gasteiger partial charge in [-0.05, 0) is 24.3 Å². The Hall–Kier alpha value is -3.49. The zero-order valence-electron chi connectivity index (χ0n) is 15.9. The first-order valence-electron chi connectivity index (χ1n) is 9.22. The number of benzene rings is 2. The highest BCUT2D eigenvalue weighted by Crippen LogP contribution is 2.36. The standard InChI is InChI=1S/C22H11Cl2F2N3O3/c23-14-7-11(31-15-3-1-2-10-6-16(21(25)26)32-19(10)15)4-5-12(14)18(30)13-8-27-22-17(13)20(24)28-9-29-22/h1-9,21H,(H,27,28,29). The number of para-hydroxylation sites is 1. The van der Waals surface area contributed by atoms with Crippen molar-refractivity contribution in [3.63, 3.8) is 0 Å². The van der Waals surface area contributed by atoms with Crippen LogP contribution in [0.2, 0.25) is 10.2 Å². The summed E-state index contributed by atoms with van der Waals surface area (Å²) in [5.74, 6) is -0.282. The molecule has 0 bridgehead atoms. The first-order chi connectivity index (χ1) is 15.4. The lowest BCUT2D eigenvalue weighted by Gasteiger charge is -2.09. The third kappa shape index (κ3) is 3.47. The van der Waals surface area contributed by atoms with Gasteiger partial charge in [0.1, 0.15) is 22.9 Å². The van der Waals surface area contributed by atoms with E-state index in [0.29, 0.717) is 22.2 Å². The average molecular weight is 474 g/mol. The average Bonchev–Trinajstić information content (AvgIpc) is 3.39. The number of halogens is 4. The summed E-state index contributed by atoms with van der Waals surface area (Å²) in [4.78, 5) is 23.9. The highest BCUT2D eigenvalue weighted by Gasteiger charge is 2.21. The predicted molar refractivity (Wildman–Crippen MR) is 115 cm³/mol. The molecule has 0 atom stereocenters. The van der Waals surface area contributed by atoms with E-state index in [4.69, 9.17) is 32.4 Å². The molecular weight excluding hydrogens is 463 g/mol. The third-order valence-electron chi connectivity index (χ3n) is 4.82. The fourth-order valence-electron chi connectivity index (χ4n) is 3.36. The second-order valence-corrected chi connectivity index (χ2v) is 7.55. The molecule has 5 rings (SSSR count). The van der Waals surface area contributed by atoms with Crippen molar-refractivity contribution in [2.24, 2.45) is 0 Å². The molecular formula is C22H11Cl2F2N3O3. The second-order valence-electron chi connectivity index (χ2n) is 6.79. The van der Waals surface area contributed by atoms with E-state index < -0.39 is 12.2 Å². The smallest absolute Gasteiger partial charge is 0.295 e. The summed E-state index contributed by atoms with van der Waals surface area (Å²) < 4.78 is 37.0. The fraction of sp³-hybridized carbons (Fsp3) is 0.0455. The highest BCUT2D eigenvalue weighted by atomic mass is 35.5. The molecule has 5 aromatic rings. The van der Waals surface area contributed by atoms with Gasteiger partial charge >= 0.3 is 0 Å². The number of fused-ring (bicyclic) bond motifs is 2. The molecule has 0 amide bonds. The minimum absolute atomic E-state index is 0.134. The molecule has 0 saturated carbocycles. The van der Waals surface area contributed by atoms with Crippen LogP contribution in [0, 0.1) is 0 Å². The van der Waals surface area contributed by atoms with E-state index in [1.807, 2.05) is 0 Å². The van der Waals surface area contributed by atoms with E-state index >= 15 is 0 Å². The van der Waals surface area contributed by atoms with Gasteiger partial charge in [-0.1, -0.05) is 35.3 Å². The number of aromatic amines is 1. The van der Waals surface area contributed by atoms with Gasteiger partial charge in [-0.3, -0.25) is 4.79 Å². The molecule has 0 aliphatic carbocycles. The van der Waals surface area contributed by atoms with Crippen LogP contribution in [0.1, 0.15) is 28.1 Å². The van der Waals surface area contributed by atoms with E-state index in [-0.39, 0.29) is 38.4 Å². The number of rotatable bonds is 5. The molecule has 32 heavy (non-hydrogen) atoms. The first kappa shape index (κ1) is 20.4. The topological polar surface area (TPSA) is 81.0 Å². The van der Waals surface area contributed by atoms with Crippen molar-refractivity contribution in [1.29, 1.82) is 0 Å². The number of nitrogens with zero attached hydrogens (tertiary/aromatic N) is 2. The number of alkyl halides is 2. The van der Waals surface area contributed by atoms with Gasteiger partial charge in [-0.15, -0.1) is 0 Å². The molecule has 3 aromatic heterocycles. The number of ketones is 1. The van der Waals surface area contributed by atoms with Crippen LogP contribution in [0.15, 0.2) is 59.4 Å². The number of furan rings is 1. The molecule has 0 saturated heterocycles. The van der Waals surface area contributed by atoms with Gasteiger partial charge in [0.25, 0.3) is 6.43 Å². The molecule has 0 spiro atoms. The molecule has 0 aliphatic heterocycles. The molecule has 0 radical (unpaired) electrons. The second kappa shape index (κ2) is 7.89. The number of carbonyl (C=O) groups excluding carboxylic acids is 1. The van der Waals surface area contributed by atoms with Crippen molar-refractivity contribution in [2.45, 2.75) is 6.43 Å². The Morgan fingerprint density at radius 3 is 2.72 bits per heavy atom. The molecule has 3 heterocycles. The Balaban J connectivity index is 1.47. The van der Waals surface area contributed by atoms with Gasteiger partial charge in [0.2, 0.25) is 0 Å². The minimum Gasteiger partial charge on any atom is -0.453 e. The molecule has 2 aromatic carbocycles. The molecule has 0 fully saturated rings. The lowest BCUT2D eigenvalue weighted by molar-refractivity contribution is 0.104. The Kier molecular flexibility index (Phi) is 5.03. The summed E-state index contributed by atoms with van der Waals surface area (Å²) in [5, 5.41) is 1.16. The Morgan fingerprint density at radius 1 is 1.09 bits per heavy atom. The SMILES string of the molecule is O=C(c1ccc(Oc2cccc3cc(C(F)F)oc23)cc1Cl)c1c[nH]c2ncnc(Cl)c12. The maximum Gasteiger partial charge on any atom is 0.295 e. The van der Waals surface area contributed by atoms with Crippen molar-refractivity contribution >= 4 is 51.0 Å². The van der Waals surface area contributed by atoms with Crippen LogP contribution in [0.5, 0.6) is 11.5 Å². The molecule has 0 unspecified atom stereocenters. The predicted octanol–water partition coefficient (Wildman–Crippen LogP) is 6.97. The lowest BCUT2D eigenvalue weighted by atomic mass is 10.0. The molecule has 160 valence electrons. The van der Waals surface area contributed by atoms with Crippen LogP contribution in [0.4, 0.5) is 8.78 Å². The summed E-state index contributed by atoms with van der Waals surface area (Å²) in [6, 6.07) is 10.6. The zero-order chi connectivity index (χ0) is 22.4. The monoisotopic (exact) mass is 473 g/mol. The summed E-state index contributed by atoms with van der Waals surface area (Å²) in [6.45, 7) is 0. The van der Waals surface area contributed by atoms with Crippen LogP contribution in [0.3, 0.4) is 0 Å². The molecule has 6 nitrogen and oxygen atoms in total. The van der Waals surface area contributed by atoms with E-state index in [9.17, 15) is 13.6 Å². The van der Waals surface area contributed by atoms with Gasteiger partial charge in [-0.25, -0.2) is 18.7 Å². The molecule has 1 N–H and O–H groups in total. The minimum atomic E-state index is -2.74. The summed E-state index contributed by atoms with van der Waals surface area (Å²) in [5.41, 5.74) is 1.11. The Morgan fingerprint density at radius 2 is 1.94 bits per heavy atom. The van der Waals surface area contributed by atoms with E-state index in [1.54, 1.807) is 24.3 Å². The van der Waals surface area contributed by atoms with E-state index in [1.165, 1.54) is 30.7 Å². The number of nitrogens with one attached hydrogen (secondary N) is 1. The van der Waals surface area contributed by atoms with Gasteiger partial charge in [-0.2, -0.15) is 0 Å². The van der Waals surface area contributed by atoms with Crippen molar-refractivity contribution in [3.8, 4) is 11.5 Å². The summed E-state index contributed by atoms with van der Waals surface area (Å²) >= 11 is 12.5. The highest BCUT2D eigenvalue weighted by molar-refractivity contribution is 6.38. The van der Waals surface area contributed by atoms with Crippen molar-refractivity contribution < 1.29 is 22.7 Å². The maximum absolute atomic E-state index is 13.1. The summed E-state index contributed by atoms with van der Waals surface area (Å²) in [7, 11) is 0. The van der Waals surface area contributed by atoms with Gasteiger partial charge in [0.05, 0.1) is 16.0 Å². The maximum atomic E-state index is 13.1. The van der Waals surface area contributed by atoms with Gasteiger partial charge in [0, 0.05) is 23.2 Å². The Bertz CT molecular complexity index is 1500. The van der Waals surface area contributed by atoms with Crippen molar-refractivity contribution in [2.75, 3.05) is 0 Å². The summed E-state index contributed by atoms with van der Waals surface area (Å²) in [6.07, 6.45) is 0.0450. The van der Waals surface area contributed by atoms with Crippen molar-refractivity contribution in [3.05, 3.63) is 82.1 Å². The van der Waals surface area contributed by atoms with Crippen LogP contribution < -0.4 is 4.74 Å². The van der Waals surface area contributed by atoms with Crippen LogP contribution in [-0.4, -0.2) is 20.7 Å². The largest absolute Gasteiger partial charge is 0.453 e. The number of hydrogen-bond acceptors (Lipinski definition) is 5. The Labute approximate surface area is 188 Å². The number of H-pyrrole nitrogens is 1. The number of carbonyl (C=O) groups is 1. The van der Waals surface area contributed by atoms with Crippen molar-refractivity contribution in [1.82, 2.24) is 15.0 Å². The quantitative estimate of drug-likeness (QED) is 0.220. The zero-order valence-corrected chi connectivity index (χ0v) is 17.4. The van der Waals surface area contributed by atoms with Crippen LogP contribution >= 0.6 is 23.2 Å². The van der Waals surface area contributed by atoms with Gasteiger partial charge < -0.3 is 14.1 Å². The third-order valence-corrected chi connectivity index (χ3v) is 5.42. The fourth-order valence-corrected chi connectivity index (χ4v) is 3.85. The normalized spacial score (nSPS) is 11.5. The number of ether oxygens (including phenoxy) is 1. The molecule has 10 heteroatoms. The molecule has 0 aliphatic rings. The first-order valence-corrected chi connectivity index (χ1v) is 9.98. The van der Waals surface area contributed by atoms with Gasteiger partial charge in [0.15, 0.2) is 22.9 Å². The number of hydrogen-bond donors (Lipinski definition) is 1.